The molecule has 0 bridgehead atoms. The van der Waals surface area contributed by atoms with Crippen molar-refractivity contribution in [3.05, 3.63) is 90.0 Å². The van der Waals surface area contributed by atoms with Crippen LogP contribution in [0.3, 0.4) is 0 Å². The smallest absolute Gasteiger partial charge is 0.338 e. The molecule has 8 nitrogen and oxygen atoms in total. The molecule has 0 heterocycles. The third-order valence-electron chi connectivity index (χ3n) is 5.00. The molecule has 3 aromatic carbocycles. The zero-order valence-electron chi connectivity index (χ0n) is 18.9. The lowest BCUT2D eigenvalue weighted by Crippen LogP contribution is -2.34. The number of carbonyl (C=O) groups is 2. The van der Waals surface area contributed by atoms with Crippen LogP contribution in [-0.2, 0) is 26.1 Å². The molecule has 0 radical (unpaired) electrons. The Morgan fingerprint density at radius 3 is 2.29 bits per heavy atom. The molecule has 0 aliphatic carbocycles. The molecule has 0 atom stereocenters. The Morgan fingerprint density at radius 1 is 0.941 bits per heavy atom. The Kier molecular flexibility index (Phi) is 8.26. The number of rotatable bonds is 10. The van der Waals surface area contributed by atoms with Crippen molar-refractivity contribution >= 4 is 27.6 Å². The van der Waals surface area contributed by atoms with Gasteiger partial charge in [-0.25, -0.2) is 13.2 Å². The Bertz CT molecular complexity index is 1230. The summed E-state index contributed by atoms with van der Waals surface area (Å²) in [6.45, 7) is 2.25. The van der Waals surface area contributed by atoms with Crippen LogP contribution in [0.2, 0.25) is 0 Å². The molecule has 0 spiro atoms. The summed E-state index contributed by atoms with van der Waals surface area (Å²) in [5.74, 6) is -0.539. The molecule has 1 amide bonds. The lowest BCUT2D eigenvalue weighted by atomic mass is 10.2. The lowest BCUT2D eigenvalue weighted by molar-refractivity contribution is -0.134. The van der Waals surface area contributed by atoms with Crippen molar-refractivity contribution in [3.63, 3.8) is 0 Å². The fraction of sp³-hybridized carbons (Fsp3) is 0.200. The molecule has 0 saturated carbocycles. The highest BCUT2D eigenvalue weighted by Crippen LogP contribution is 2.20. The van der Waals surface area contributed by atoms with Gasteiger partial charge in [-0.3, -0.25) is 9.52 Å². The van der Waals surface area contributed by atoms with Crippen LogP contribution < -0.4 is 9.46 Å². The number of likely N-dealkylation sites (N-methyl/N-ethyl adjacent to an activating group) is 1. The van der Waals surface area contributed by atoms with Gasteiger partial charge in [-0.2, -0.15) is 0 Å². The molecule has 0 saturated heterocycles. The van der Waals surface area contributed by atoms with Gasteiger partial charge in [-0.05, 0) is 55.0 Å². The van der Waals surface area contributed by atoms with Crippen LogP contribution >= 0.6 is 0 Å². The number of ether oxygens (including phenoxy) is 2. The zero-order chi connectivity index (χ0) is 24.6. The monoisotopic (exact) mass is 482 g/mol. The van der Waals surface area contributed by atoms with E-state index in [2.05, 4.69) is 4.72 Å². The lowest BCUT2D eigenvalue weighted by Gasteiger charge is -2.20. The number of esters is 1. The molecule has 0 unspecified atom stereocenters. The largest absolute Gasteiger partial charge is 0.497 e. The van der Waals surface area contributed by atoms with Crippen LogP contribution in [-0.4, -0.2) is 45.5 Å². The highest BCUT2D eigenvalue weighted by Gasteiger charge is 2.19. The van der Waals surface area contributed by atoms with E-state index in [-0.39, 0.29) is 16.4 Å². The second-order valence-corrected chi connectivity index (χ2v) is 9.01. The fourth-order valence-electron chi connectivity index (χ4n) is 3.15. The van der Waals surface area contributed by atoms with E-state index in [1.54, 1.807) is 29.2 Å². The van der Waals surface area contributed by atoms with Gasteiger partial charge >= 0.3 is 5.97 Å². The normalized spacial score (nSPS) is 10.9. The molecule has 0 aliphatic heterocycles. The first-order valence-electron chi connectivity index (χ1n) is 10.6. The minimum atomic E-state index is -3.95. The first-order chi connectivity index (χ1) is 16.3. The van der Waals surface area contributed by atoms with Crippen LogP contribution in [0.25, 0.3) is 0 Å². The van der Waals surface area contributed by atoms with E-state index < -0.39 is 22.6 Å². The number of nitrogens with one attached hydrogen (secondary N) is 1. The third kappa shape index (κ3) is 6.58. The topological polar surface area (TPSA) is 102 Å². The van der Waals surface area contributed by atoms with Crippen molar-refractivity contribution in [2.75, 3.05) is 25.0 Å². The predicted octanol–water partition coefficient (Wildman–Crippen LogP) is 3.70. The average Bonchev–Trinajstić information content (AvgIpc) is 2.86. The van der Waals surface area contributed by atoms with E-state index in [0.29, 0.717) is 24.5 Å². The van der Waals surface area contributed by atoms with Gasteiger partial charge in [-0.15, -0.1) is 0 Å². The summed E-state index contributed by atoms with van der Waals surface area (Å²) in [5.41, 5.74) is 1.33. The van der Waals surface area contributed by atoms with Gasteiger partial charge in [0.1, 0.15) is 5.75 Å². The van der Waals surface area contributed by atoms with E-state index in [1.165, 1.54) is 31.4 Å². The van der Waals surface area contributed by atoms with Gasteiger partial charge in [0.05, 0.1) is 17.6 Å². The molecule has 0 aromatic heterocycles. The summed E-state index contributed by atoms with van der Waals surface area (Å²) in [4.78, 5) is 26.5. The molecule has 9 heteroatoms. The van der Waals surface area contributed by atoms with Crippen LogP contribution in [0.5, 0.6) is 5.75 Å². The molecule has 1 N–H and O–H groups in total. The Balaban J connectivity index is 1.63. The number of methoxy groups -OCH3 is 1. The Hall–Kier alpha value is -3.85. The molecule has 34 heavy (non-hydrogen) atoms. The van der Waals surface area contributed by atoms with Gasteiger partial charge < -0.3 is 14.4 Å². The fourth-order valence-corrected chi connectivity index (χ4v) is 4.25. The van der Waals surface area contributed by atoms with E-state index in [0.717, 1.165) is 5.56 Å². The number of carbonyl (C=O) groups excluding carboxylic acids is 2. The SMILES string of the molecule is CCN(Cc1ccccc1)C(=O)COC(=O)c1cccc(S(=O)(=O)Nc2ccc(OC)cc2)c1. The standard InChI is InChI=1S/C25H26N2O6S/c1-3-27(17-19-8-5-4-6-9-19)24(28)18-33-25(29)20-10-7-11-23(16-20)34(30,31)26-21-12-14-22(32-2)15-13-21/h4-16,26H,3,17-18H2,1-2H3. The van der Waals surface area contributed by atoms with Crippen molar-refractivity contribution in [1.29, 1.82) is 0 Å². The molecule has 0 aliphatic rings. The summed E-state index contributed by atoms with van der Waals surface area (Å²) in [7, 11) is -2.43. The van der Waals surface area contributed by atoms with Crippen LogP contribution in [0.15, 0.2) is 83.8 Å². The summed E-state index contributed by atoms with van der Waals surface area (Å²) in [5, 5.41) is 0. The van der Waals surface area contributed by atoms with Gasteiger partial charge in [0.25, 0.3) is 15.9 Å². The molecule has 0 fully saturated rings. The van der Waals surface area contributed by atoms with E-state index >= 15 is 0 Å². The second-order valence-electron chi connectivity index (χ2n) is 7.33. The summed E-state index contributed by atoms with van der Waals surface area (Å²) in [6.07, 6.45) is 0. The molecule has 178 valence electrons. The quantitative estimate of drug-likeness (QED) is 0.442. The highest BCUT2D eigenvalue weighted by atomic mass is 32.2. The van der Waals surface area contributed by atoms with Crippen molar-refractivity contribution in [1.82, 2.24) is 4.90 Å². The number of anilines is 1. The van der Waals surface area contributed by atoms with Gasteiger partial charge in [0.15, 0.2) is 6.61 Å². The molecule has 3 rings (SSSR count). The van der Waals surface area contributed by atoms with Crippen molar-refractivity contribution < 1.29 is 27.5 Å². The first-order valence-corrected chi connectivity index (χ1v) is 12.1. The minimum Gasteiger partial charge on any atom is -0.497 e. The zero-order valence-corrected chi connectivity index (χ0v) is 19.7. The summed E-state index contributed by atoms with van der Waals surface area (Å²) in [6, 6.07) is 21.3. The number of nitrogens with zero attached hydrogens (tertiary/aromatic N) is 1. The highest BCUT2D eigenvalue weighted by molar-refractivity contribution is 7.92. The van der Waals surface area contributed by atoms with E-state index in [1.807, 2.05) is 37.3 Å². The number of benzene rings is 3. The van der Waals surface area contributed by atoms with Crippen molar-refractivity contribution in [3.8, 4) is 5.75 Å². The number of hydrogen-bond donors (Lipinski definition) is 1. The van der Waals surface area contributed by atoms with Gasteiger partial charge in [-0.1, -0.05) is 36.4 Å². The van der Waals surface area contributed by atoms with Crippen LogP contribution in [0, 0.1) is 0 Å². The predicted molar refractivity (Wildman–Crippen MR) is 128 cm³/mol. The Labute approximate surface area is 199 Å². The number of sulfonamides is 1. The summed E-state index contributed by atoms with van der Waals surface area (Å²) >= 11 is 0. The molecule has 3 aromatic rings. The van der Waals surface area contributed by atoms with Crippen LogP contribution in [0.4, 0.5) is 5.69 Å². The maximum atomic E-state index is 12.7. The summed E-state index contributed by atoms with van der Waals surface area (Å²) < 4.78 is 38.2. The van der Waals surface area contributed by atoms with Crippen molar-refractivity contribution in [2.45, 2.75) is 18.4 Å². The first kappa shape index (κ1) is 24.8. The molecular weight excluding hydrogens is 456 g/mol. The molecular formula is C25H26N2O6S. The minimum absolute atomic E-state index is 0.0245. The third-order valence-corrected chi connectivity index (χ3v) is 6.38. The maximum absolute atomic E-state index is 12.7. The van der Waals surface area contributed by atoms with Crippen LogP contribution in [0.1, 0.15) is 22.8 Å². The maximum Gasteiger partial charge on any atom is 0.338 e. The van der Waals surface area contributed by atoms with Gasteiger partial charge in [0.2, 0.25) is 0 Å². The second kappa shape index (κ2) is 11.3. The number of hydrogen-bond acceptors (Lipinski definition) is 6. The van der Waals surface area contributed by atoms with E-state index in [4.69, 9.17) is 9.47 Å². The average molecular weight is 483 g/mol. The Morgan fingerprint density at radius 2 is 1.65 bits per heavy atom. The van der Waals surface area contributed by atoms with E-state index in [9.17, 15) is 18.0 Å². The number of amides is 1. The van der Waals surface area contributed by atoms with Crippen molar-refractivity contribution in [2.24, 2.45) is 0 Å². The van der Waals surface area contributed by atoms with Gasteiger partial charge in [0, 0.05) is 18.8 Å².